The molecule has 1 fully saturated rings. The summed E-state index contributed by atoms with van der Waals surface area (Å²) in [4.78, 5) is 12.4. The molecule has 7 heteroatoms. The van der Waals surface area contributed by atoms with E-state index in [4.69, 9.17) is 16.2 Å². The molecular formula is C23H34BIN3O2. The van der Waals surface area contributed by atoms with E-state index in [-0.39, 0.29) is 12.2 Å². The second kappa shape index (κ2) is 12.3. The van der Waals surface area contributed by atoms with E-state index in [2.05, 4.69) is 31.2 Å². The van der Waals surface area contributed by atoms with Gasteiger partial charge in [-0.3, -0.25) is 3.11 Å². The monoisotopic (exact) mass is 522 g/mol. The zero-order valence-electron chi connectivity index (χ0n) is 18.4. The van der Waals surface area contributed by atoms with Crippen LogP contribution >= 0.6 is 22.9 Å². The van der Waals surface area contributed by atoms with Gasteiger partial charge in [0.15, 0.2) is 0 Å². The van der Waals surface area contributed by atoms with E-state index in [1.165, 1.54) is 5.56 Å². The Bertz CT molecular complexity index is 773. The zero-order chi connectivity index (χ0) is 22.1. The Balaban J connectivity index is 2.14. The Morgan fingerprint density at radius 1 is 1.20 bits per heavy atom. The van der Waals surface area contributed by atoms with Gasteiger partial charge in [0.2, 0.25) is 0 Å². The molecular weight excluding hydrogens is 488 g/mol. The van der Waals surface area contributed by atoms with Crippen molar-refractivity contribution in [1.82, 2.24) is 3.11 Å². The van der Waals surface area contributed by atoms with E-state index >= 15 is 0 Å². The van der Waals surface area contributed by atoms with Gasteiger partial charge in [0.1, 0.15) is 13.4 Å². The lowest BCUT2D eigenvalue weighted by atomic mass is 9.78. The molecule has 0 heterocycles. The average Bonchev–Trinajstić information content (AvgIpc) is 2.73. The van der Waals surface area contributed by atoms with Crippen LogP contribution in [0.2, 0.25) is 13.1 Å². The first-order valence-electron chi connectivity index (χ1n) is 10.8. The lowest BCUT2D eigenvalue weighted by Gasteiger charge is -2.26. The molecule has 2 rings (SSSR count). The lowest BCUT2D eigenvalue weighted by Crippen LogP contribution is -2.29. The van der Waals surface area contributed by atoms with Crippen molar-refractivity contribution in [2.45, 2.75) is 71.6 Å². The van der Waals surface area contributed by atoms with Crippen LogP contribution < -0.4 is 11.5 Å². The number of nitrogens with two attached hydrogens (primary N) is 2. The van der Waals surface area contributed by atoms with E-state index in [1.807, 2.05) is 43.9 Å². The number of allylic oxidation sites excluding steroid dienone is 3. The van der Waals surface area contributed by atoms with Crippen LogP contribution in [0, 0.1) is 0 Å². The van der Waals surface area contributed by atoms with Crippen molar-refractivity contribution in [2.24, 2.45) is 11.5 Å². The van der Waals surface area contributed by atoms with Gasteiger partial charge in [-0.05, 0) is 67.7 Å². The highest BCUT2D eigenvalue weighted by atomic mass is 127. The predicted molar refractivity (Wildman–Crippen MR) is 134 cm³/mol. The third kappa shape index (κ3) is 6.96. The van der Waals surface area contributed by atoms with Gasteiger partial charge in [0.05, 0.1) is 22.9 Å². The fraction of sp³-hybridized carbons (Fsp3) is 0.522. The smallest absolute Gasteiger partial charge is 0.418 e. The Kier molecular flexibility index (Phi) is 10.1. The van der Waals surface area contributed by atoms with Gasteiger partial charge in [0.25, 0.3) is 0 Å². The van der Waals surface area contributed by atoms with Crippen molar-refractivity contribution in [2.75, 3.05) is 6.54 Å². The summed E-state index contributed by atoms with van der Waals surface area (Å²) in [5, 5.41) is 0. The van der Waals surface area contributed by atoms with Gasteiger partial charge in [-0.15, -0.1) is 0 Å². The fourth-order valence-electron chi connectivity index (χ4n) is 3.74. The zero-order valence-corrected chi connectivity index (χ0v) is 20.6. The number of nitrogens with zero attached hydrogens (tertiary/aromatic N) is 1. The van der Waals surface area contributed by atoms with Crippen LogP contribution in [-0.4, -0.2) is 29.1 Å². The van der Waals surface area contributed by atoms with Crippen molar-refractivity contribution in [3.8, 4) is 0 Å². The molecule has 0 aliphatic heterocycles. The average molecular weight is 522 g/mol. The van der Waals surface area contributed by atoms with E-state index in [1.54, 1.807) is 3.11 Å². The Morgan fingerprint density at radius 3 is 2.50 bits per heavy atom. The molecule has 1 saturated carbocycles. The van der Waals surface area contributed by atoms with Crippen molar-refractivity contribution >= 4 is 41.9 Å². The number of rotatable bonds is 6. The van der Waals surface area contributed by atoms with Crippen LogP contribution in [0.3, 0.4) is 0 Å². The first-order valence-corrected chi connectivity index (χ1v) is 11.8. The Labute approximate surface area is 196 Å². The molecule has 1 unspecified atom stereocenters. The van der Waals surface area contributed by atoms with Gasteiger partial charge >= 0.3 is 6.09 Å². The number of halogens is 1. The summed E-state index contributed by atoms with van der Waals surface area (Å²) < 4.78 is 7.39. The molecule has 163 valence electrons. The predicted octanol–water partition coefficient (Wildman–Crippen LogP) is 5.44. The highest BCUT2D eigenvalue weighted by molar-refractivity contribution is 14.1. The SMILES string of the molecule is C[B]CCN(I)C(=O)OC1CCC/C(=C(/N)c2ccc(CC)cc2)C(=C(C)N)CC1. The molecule has 1 atom stereocenters. The van der Waals surface area contributed by atoms with Crippen molar-refractivity contribution < 1.29 is 9.53 Å². The largest absolute Gasteiger partial charge is 0.446 e. The highest BCUT2D eigenvalue weighted by Crippen LogP contribution is 2.33. The minimum absolute atomic E-state index is 0.0960. The second-order valence-electron chi connectivity index (χ2n) is 7.82. The molecule has 1 radical (unpaired) electrons. The maximum atomic E-state index is 12.4. The van der Waals surface area contributed by atoms with E-state index in [0.717, 1.165) is 72.9 Å². The number of carbonyl (C=O) groups excluding carboxylic acids is 1. The second-order valence-corrected chi connectivity index (χ2v) is 8.99. The van der Waals surface area contributed by atoms with Gasteiger partial charge in [-0.2, -0.15) is 0 Å². The molecule has 1 aromatic rings. The Morgan fingerprint density at radius 2 is 1.90 bits per heavy atom. The van der Waals surface area contributed by atoms with E-state index in [0.29, 0.717) is 6.54 Å². The number of benzene rings is 1. The summed E-state index contributed by atoms with van der Waals surface area (Å²) >= 11 is 2.03. The number of amides is 1. The highest BCUT2D eigenvalue weighted by Gasteiger charge is 2.23. The normalized spacial score (nSPS) is 20.6. The topological polar surface area (TPSA) is 81.6 Å². The summed E-state index contributed by atoms with van der Waals surface area (Å²) in [5.41, 5.74) is 19.0. The maximum absolute atomic E-state index is 12.4. The van der Waals surface area contributed by atoms with Crippen LogP contribution in [0.25, 0.3) is 5.70 Å². The van der Waals surface area contributed by atoms with Crippen LogP contribution in [-0.2, 0) is 11.2 Å². The standard InChI is InChI=1S/C23H34BIN3O2/c1-4-17-8-10-18(11-9-17)22(27)21-7-5-6-19(12-13-20(21)16(2)26)30-23(29)28(25)15-14-24-3/h8-11,19H,4-7,12-15,26-27H2,1-3H3/b20-16?,22-21-. The number of aryl methyl sites for hydroxylation is 1. The molecule has 0 aromatic heterocycles. The molecule has 0 saturated heterocycles. The molecule has 30 heavy (non-hydrogen) atoms. The van der Waals surface area contributed by atoms with Gasteiger partial charge in [0, 0.05) is 17.9 Å². The van der Waals surface area contributed by atoms with Crippen molar-refractivity contribution in [3.05, 3.63) is 52.2 Å². The van der Waals surface area contributed by atoms with Crippen LogP contribution in [0.1, 0.15) is 57.1 Å². The van der Waals surface area contributed by atoms with Gasteiger partial charge in [-0.1, -0.05) is 44.3 Å². The molecule has 4 N–H and O–H groups in total. The number of carbonyl (C=O) groups is 1. The summed E-state index contributed by atoms with van der Waals surface area (Å²) in [6.45, 7) is 6.73. The summed E-state index contributed by atoms with van der Waals surface area (Å²) in [6.07, 6.45) is 5.59. The first kappa shape index (κ1) is 24.6. The number of hydrogen-bond acceptors (Lipinski definition) is 4. The van der Waals surface area contributed by atoms with Crippen LogP contribution in [0.5, 0.6) is 0 Å². The number of hydrogen-bond donors (Lipinski definition) is 2. The van der Waals surface area contributed by atoms with Crippen LogP contribution in [0.15, 0.2) is 41.1 Å². The third-order valence-corrected chi connectivity index (χ3v) is 6.46. The molecule has 1 aliphatic carbocycles. The molecule has 1 amide bonds. The quantitative estimate of drug-likeness (QED) is 0.296. The minimum atomic E-state index is -0.260. The molecule has 1 aliphatic rings. The summed E-state index contributed by atoms with van der Waals surface area (Å²) in [6, 6.07) is 8.45. The third-order valence-electron chi connectivity index (χ3n) is 5.59. The fourth-order valence-corrected chi connectivity index (χ4v) is 4.13. The first-order chi connectivity index (χ1) is 14.4. The lowest BCUT2D eigenvalue weighted by molar-refractivity contribution is 0.0751. The summed E-state index contributed by atoms with van der Waals surface area (Å²) in [5.74, 6) is 0. The van der Waals surface area contributed by atoms with Crippen molar-refractivity contribution in [3.63, 3.8) is 0 Å². The van der Waals surface area contributed by atoms with E-state index < -0.39 is 0 Å². The van der Waals surface area contributed by atoms with Gasteiger partial charge < -0.3 is 16.2 Å². The van der Waals surface area contributed by atoms with Crippen LogP contribution in [0.4, 0.5) is 4.79 Å². The molecule has 0 spiro atoms. The van der Waals surface area contributed by atoms with Crippen molar-refractivity contribution in [1.29, 1.82) is 0 Å². The maximum Gasteiger partial charge on any atom is 0.418 e. The number of ether oxygens (including phenoxy) is 1. The minimum Gasteiger partial charge on any atom is -0.446 e. The molecule has 5 nitrogen and oxygen atoms in total. The van der Waals surface area contributed by atoms with Gasteiger partial charge in [-0.25, -0.2) is 4.79 Å². The molecule has 1 aromatic carbocycles. The Hall–Kier alpha value is -1.64. The van der Waals surface area contributed by atoms with E-state index in [9.17, 15) is 4.79 Å². The molecule has 0 bridgehead atoms. The summed E-state index contributed by atoms with van der Waals surface area (Å²) in [7, 11) is 2.05.